The zero-order valence-corrected chi connectivity index (χ0v) is 15.5. The largest absolute Gasteiger partial charge is 0.463 e. The molecule has 142 valence electrons. The van der Waals surface area contributed by atoms with Crippen LogP contribution in [0.4, 0.5) is 8.78 Å². The van der Waals surface area contributed by atoms with Gasteiger partial charge in [0.05, 0.1) is 23.6 Å². The molecule has 0 saturated carbocycles. The number of aryl methyl sites for hydroxylation is 1. The molecule has 0 aliphatic heterocycles. The van der Waals surface area contributed by atoms with Gasteiger partial charge in [0.2, 0.25) is 0 Å². The number of rotatable bonds is 5. The maximum absolute atomic E-state index is 14.1. The highest BCUT2D eigenvalue weighted by Gasteiger charge is 2.24. The van der Waals surface area contributed by atoms with Crippen molar-refractivity contribution >= 4 is 5.97 Å². The molecule has 27 heavy (non-hydrogen) atoms. The van der Waals surface area contributed by atoms with Crippen LogP contribution in [0.1, 0.15) is 50.3 Å². The van der Waals surface area contributed by atoms with Gasteiger partial charge >= 0.3 is 5.97 Å². The summed E-state index contributed by atoms with van der Waals surface area (Å²) in [4.78, 5) is 12.1. The van der Waals surface area contributed by atoms with E-state index in [1.165, 1.54) is 18.2 Å². The lowest BCUT2D eigenvalue weighted by molar-refractivity contribution is -0.138. The van der Waals surface area contributed by atoms with Crippen molar-refractivity contribution in [2.75, 3.05) is 6.61 Å². The van der Waals surface area contributed by atoms with Gasteiger partial charge in [0, 0.05) is 11.5 Å². The monoisotopic (exact) mass is 372 g/mol. The van der Waals surface area contributed by atoms with E-state index >= 15 is 0 Å². The lowest BCUT2D eigenvalue weighted by atomic mass is 9.85. The summed E-state index contributed by atoms with van der Waals surface area (Å²) in [5.74, 6) is -1.69. The van der Waals surface area contributed by atoms with Gasteiger partial charge in [-0.25, -0.2) is 13.6 Å². The van der Waals surface area contributed by atoms with Crippen molar-refractivity contribution in [1.29, 1.82) is 0 Å². The van der Waals surface area contributed by atoms with Gasteiger partial charge in [-0.2, -0.15) is 10.2 Å². The van der Waals surface area contributed by atoms with Crippen molar-refractivity contribution in [3.05, 3.63) is 58.8 Å². The third kappa shape index (κ3) is 4.04. The summed E-state index contributed by atoms with van der Waals surface area (Å²) in [6.45, 7) is 4.01. The number of aromatic nitrogens is 2. The maximum Gasteiger partial charge on any atom is 0.333 e. The molecule has 0 saturated heterocycles. The Morgan fingerprint density at radius 2 is 2.00 bits per heavy atom. The standard InChI is InChI=1S/C21H22F2N2O2/c1-3-13(21(26)27-4-2)11-14-7-5-8-15-12-18(24-25-20(14)15)19-16(22)9-6-10-17(19)23/h6,9-12,14H,3-5,7-8H2,1-2H3/b13-11-. The first-order valence-electron chi connectivity index (χ1n) is 9.23. The number of carbonyl (C=O) groups excluding carboxylic acids is 1. The number of nitrogens with zero attached hydrogens (tertiary/aromatic N) is 2. The van der Waals surface area contributed by atoms with Gasteiger partial charge in [0.1, 0.15) is 11.6 Å². The zero-order valence-electron chi connectivity index (χ0n) is 15.5. The van der Waals surface area contributed by atoms with Crippen LogP contribution in [0.5, 0.6) is 0 Å². The Kier molecular flexibility index (Phi) is 5.94. The van der Waals surface area contributed by atoms with E-state index in [0.29, 0.717) is 18.6 Å². The first-order chi connectivity index (χ1) is 13.0. The minimum absolute atomic E-state index is 0.0554. The van der Waals surface area contributed by atoms with Crippen molar-refractivity contribution in [3.8, 4) is 11.3 Å². The topological polar surface area (TPSA) is 52.1 Å². The van der Waals surface area contributed by atoms with Crippen molar-refractivity contribution < 1.29 is 18.3 Å². The average Bonchev–Trinajstić information content (AvgIpc) is 2.66. The number of hydrogen-bond donors (Lipinski definition) is 0. The molecule has 1 heterocycles. The lowest BCUT2D eigenvalue weighted by Gasteiger charge is -2.22. The van der Waals surface area contributed by atoms with Gasteiger partial charge in [-0.15, -0.1) is 0 Å². The van der Waals surface area contributed by atoms with Crippen LogP contribution in [0.2, 0.25) is 0 Å². The number of benzene rings is 1. The number of allylic oxidation sites excluding steroid dienone is 1. The number of carbonyl (C=O) groups is 1. The van der Waals surface area contributed by atoms with Gasteiger partial charge in [-0.1, -0.05) is 19.1 Å². The minimum Gasteiger partial charge on any atom is -0.463 e. The highest BCUT2D eigenvalue weighted by Crippen LogP contribution is 2.34. The second-order valence-corrected chi connectivity index (χ2v) is 6.50. The van der Waals surface area contributed by atoms with Gasteiger partial charge in [-0.05, 0) is 56.4 Å². The van der Waals surface area contributed by atoms with Crippen molar-refractivity contribution in [1.82, 2.24) is 10.2 Å². The Bertz CT molecular complexity index is 860. The lowest BCUT2D eigenvalue weighted by Crippen LogP contribution is -2.15. The van der Waals surface area contributed by atoms with Crippen LogP contribution in [-0.2, 0) is 16.0 Å². The van der Waals surface area contributed by atoms with Crippen LogP contribution in [-0.4, -0.2) is 22.8 Å². The van der Waals surface area contributed by atoms with E-state index in [1.807, 2.05) is 13.0 Å². The van der Waals surface area contributed by atoms with E-state index in [-0.39, 0.29) is 23.1 Å². The summed E-state index contributed by atoms with van der Waals surface area (Å²) < 4.78 is 33.2. The first-order valence-corrected chi connectivity index (χ1v) is 9.23. The molecule has 0 bridgehead atoms. The normalized spacial score (nSPS) is 16.7. The molecule has 4 nitrogen and oxygen atoms in total. The summed E-state index contributed by atoms with van der Waals surface area (Å²) >= 11 is 0. The Hall–Kier alpha value is -2.63. The van der Waals surface area contributed by atoms with Crippen molar-refractivity contribution in [2.45, 2.75) is 45.4 Å². The SMILES string of the molecule is CCOC(=O)/C(=C\C1CCCc2cc(-c3c(F)cccc3F)nnc21)CC. The van der Waals surface area contributed by atoms with Gasteiger partial charge in [-0.3, -0.25) is 0 Å². The maximum atomic E-state index is 14.1. The number of halogens is 2. The molecule has 1 aromatic heterocycles. The van der Waals surface area contributed by atoms with Gasteiger partial charge < -0.3 is 4.74 Å². The molecule has 1 aromatic carbocycles. The summed E-state index contributed by atoms with van der Waals surface area (Å²) in [6, 6.07) is 5.44. The van der Waals surface area contributed by atoms with E-state index in [1.54, 1.807) is 13.0 Å². The van der Waals surface area contributed by atoms with Crippen LogP contribution in [0.3, 0.4) is 0 Å². The third-order valence-corrected chi connectivity index (χ3v) is 4.76. The molecule has 6 heteroatoms. The predicted octanol–water partition coefficient (Wildman–Crippen LogP) is 4.74. The number of hydrogen-bond acceptors (Lipinski definition) is 4. The summed E-state index contributed by atoms with van der Waals surface area (Å²) in [5.41, 5.74) is 2.31. The summed E-state index contributed by atoms with van der Waals surface area (Å²) in [6.07, 6.45) is 4.97. The first kappa shape index (κ1) is 19.1. The van der Waals surface area contributed by atoms with E-state index in [2.05, 4.69) is 10.2 Å². The molecule has 1 aliphatic carbocycles. The van der Waals surface area contributed by atoms with Gasteiger partial charge in [0.15, 0.2) is 0 Å². The Balaban J connectivity index is 1.97. The molecule has 0 amide bonds. The second-order valence-electron chi connectivity index (χ2n) is 6.50. The molecule has 0 spiro atoms. The van der Waals surface area contributed by atoms with Crippen LogP contribution in [0.25, 0.3) is 11.3 Å². The van der Waals surface area contributed by atoms with E-state index < -0.39 is 11.6 Å². The zero-order chi connectivity index (χ0) is 19.4. The quantitative estimate of drug-likeness (QED) is 0.562. The van der Waals surface area contributed by atoms with Crippen LogP contribution in [0.15, 0.2) is 35.9 Å². The van der Waals surface area contributed by atoms with Crippen LogP contribution < -0.4 is 0 Å². The molecule has 0 N–H and O–H groups in total. The average molecular weight is 372 g/mol. The number of fused-ring (bicyclic) bond motifs is 1. The molecule has 1 atom stereocenters. The Labute approximate surface area is 157 Å². The molecule has 2 aromatic rings. The Morgan fingerprint density at radius 1 is 1.26 bits per heavy atom. The number of esters is 1. The van der Waals surface area contributed by atoms with Crippen molar-refractivity contribution in [2.24, 2.45) is 0 Å². The highest BCUT2D eigenvalue weighted by molar-refractivity contribution is 5.88. The second kappa shape index (κ2) is 8.37. The third-order valence-electron chi connectivity index (χ3n) is 4.76. The molecular formula is C21H22F2N2O2. The Morgan fingerprint density at radius 3 is 2.67 bits per heavy atom. The van der Waals surface area contributed by atoms with Crippen LogP contribution in [0, 0.1) is 11.6 Å². The van der Waals surface area contributed by atoms with Gasteiger partial charge in [0.25, 0.3) is 0 Å². The fourth-order valence-electron chi connectivity index (χ4n) is 3.43. The molecule has 1 unspecified atom stereocenters. The van der Waals surface area contributed by atoms with E-state index in [0.717, 1.165) is 30.5 Å². The fraction of sp³-hybridized carbons (Fsp3) is 0.381. The molecular weight excluding hydrogens is 350 g/mol. The molecule has 0 radical (unpaired) electrons. The van der Waals surface area contributed by atoms with E-state index in [9.17, 15) is 13.6 Å². The fourth-order valence-corrected chi connectivity index (χ4v) is 3.43. The summed E-state index contributed by atoms with van der Waals surface area (Å²) in [5, 5.41) is 8.34. The summed E-state index contributed by atoms with van der Waals surface area (Å²) in [7, 11) is 0. The van der Waals surface area contributed by atoms with Crippen LogP contribution >= 0.6 is 0 Å². The van der Waals surface area contributed by atoms with E-state index in [4.69, 9.17) is 4.74 Å². The molecule has 1 aliphatic rings. The highest BCUT2D eigenvalue weighted by atomic mass is 19.1. The molecule has 0 fully saturated rings. The predicted molar refractivity (Wildman–Crippen MR) is 98.1 cm³/mol. The minimum atomic E-state index is -0.660. The smallest absolute Gasteiger partial charge is 0.333 e. The molecule has 3 rings (SSSR count). The number of ether oxygens (including phenoxy) is 1. The van der Waals surface area contributed by atoms with Crippen molar-refractivity contribution in [3.63, 3.8) is 0 Å².